The third kappa shape index (κ3) is 3.84. The Labute approximate surface area is 196 Å². The van der Waals surface area contributed by atoms with Crippen molar-refractivity contribution in [3.05, 3.63) is 71.5 Å². The zero-order chi connectivity index (χ0) is 24.7. The molecule has 0 saturated heterocycles. The number of carbonyl (C=O) groups excluding carboxylic acids is 1. The van der Waals surface area contributed by atoms with E-state index in [4.69, 9.17) is 4.42 Å². The maximum Gasteiger partial charge on any atom is 0.416 e. The molecule has 5 rings (SSSR count). The SMILES string of the molecule is CNc1nc2oc(-c3cccc(C(NC=O)c4ccccc4C(F)(F)F)c3)nc2c2c1ncn2C. The lowest BCUT2D eigenvalue weighted by Gasteiger charge is -2.22. The quantitative estimate of drug-likeness (QED) is 0.343. The Morgan fingerprint density at radius 1 is 1.09 bits per heavy atom. The van der Waals surface area contributed by atoms with Crippen LogP contribution in [0.5, 0.6) is 0 Å². The van der Waals surface area contributed by atoms with Gasteiger partial charge in [-0.25, -0.2) is 9.97 Å². The van der Waals surface area contributed by atoms with Gasteiger partial charge in [0.15, 0.2) is 11.3 Å². The molecular weight excluding hydrogens is 461 g/mol. The summed E-state index contributed by atoms with van der Waals surface area (Å²) < 4.78 is 48.7. The van der Waals surface area contributed by atoms with Crippen LogP contribution in [0.15, 0.2) is 59.3 Å². The Balaban J connectivity index is 1.64. The van der Waals surface area contributed by atoms with E-state index in [2.05, 4.69) is 25.6 Å². The van der Waals surface area contributed by atoms with E-state index in [0.29, 0.717) is 34.4 Å². The lowest BCUT2D eigenvalue weighted by molar-refractivity contribution is -0.138. The Morgan fingerprint density at radius 3 is 2.63 bits per heavy atom. The summed E-state index contributed by atoms with van der Waals surface area (Å²) in [4.78, 5) is 24.8. The largest absolute Gasteiger partial charge is 0.418 e. The molecule has 0 radical (unpaired) electrons. The summed E-state index contributed by atoms with van der Waals surface area (Å²) in [6.45, 7) is 0. The fourth-order valence-corrected chi connectivity index (χ4v) is 4.17. The molecule has 0 spiro atoms. The summed E-state index contributed by atoms with van der Waals surface area (Å²) in [6.07, 6.45) is -2.55. The lowest BCUT2D eigenvalue weighted by Crippen LogP contribution is -2.24. The number of rotatable bonds is 6. The van der Waals surface area contributed by atoms with Crippen LogP contribution in [0.2, 0.25) is 0 Å². The monoisotopic (exact) mass is 480 g/mol. The van der Waals surface area contributed by atoms with Gasteiger partial charge in [0.2, 0.25) is 12.3 Å². The number of benzene rings is 2. The van der Waals surface area contributed by atoms with Gasteiger partial charge in [0.1, 0.15) is 11.0 Å². The molecule has 0 bridgehead atoms. The molecule has 0 aliphatic rings. The molecule has 178 valence electrons. The molecule has 3 heterocycles. The molecule has 1 amide bonds. The van der Waals surface area contributed by atoms with Crippen molar-refractivity contribution in [1.29, 1.82) is 0 Å². The van der Waals surface area contributed by atoms with E-state index in [9.17, 15) is 18.0 Å². The predicted octanol–water partition coefficient (Wildman–Crippen LogP) is 4.67. The number of carbonyl (C=O) groups is 1. The maximum absolute atomic E-state index is 13.7. The molecule has 5 aromatic rings. The first kappa shape index (κ1) is 22.4. The number of fused-ring (bicyclic) bond motifs is 3. The third-order valence-corrected chi connectivity index (χ3v) is 5.72. The van der Waals surface area contributed by atoms with Crippen molar-refractivity contribution in [2.45, 2.75) is 12.2 Å². The molecule has 2 N–H and O–H groups in total. The Bertz CT molecular complexity index is 1560. The average Bonchev–Trinajstić information content (AvgIpc) is 3.45. The number of halogens is 3. The molecule has 0 aliphatic carbocycles. The number of amides is 1. The number of aromatic nitrogens is 4. The highest BCUT2D eigenvalue weighted by atomic mass is 19.4. The van der Waals surface area contributed by atoms with E-state index in [0.717, 1.165) is 11.6 Å². The minimum absolute atomic E-state index is 0.0706. The van der Waals surface area contributed by atoms with Crippen LogP contribution >= 0.6 is 0 Å². The Morgan fingerprint density at radius 2 is 1.89 bits per heavy atom. The Hall–Kier alpha value is -4.41. The van der Waals surface area contributed by atoms with Gasteiger partial charge in [-0.15, -0.1) is 0 Å². The molecule has 8 nitrogen and oxygen atoms in total. The van der Waals surface area contributed by atoms with E-state index in [-0.39, 0.29) is 17.2 Å². The average molecular weight is 480 g/mol. The van der Waals surface area contributed by atoms with Crippen LogP contribution in [0, 0.1) is 0 Å². The first-order valence-electron chi connectivity index (χ1n) is 10.6. The van der Waals surface area contributed by atoms with E-state index in [1.54, 1.807) is 42.2 Å². The third-order valence-electron chi connectivity index (χ3n) is 5.72. The highest BCUT2D eigenvalue weighted by Crippen LogP contribution is 2.37. The Kier molecular flexibility index (Phi) is 5.39. The zero-order valence-corrected chi connectivity index (χ0v) is 18.6. The van der Waals surface area contributed by atoms with Gasteiger partial charge in [0.25, 0.3) is 5.71 Å². The number of imidazole rings is 1. The summed E-state index contributed by atoms with van der Waals surface area (Å²) in [5.74, 6) is 0.766. The topological polar surface area (TPSA) is 97.9 Å². The number of hydrogen-bond donors (Lipinski definition) is 2. The standard InChI is InChI=1S/C24H19F3N6O2/c1-28-21-18-20(33(2)11-29-18)19-23(32-21)35-22(31-19)14-7-5-6-13(10-14)17(30-12-34)15-8-3-4-9-16(15)24(25,26)27/h3-12,17H,1-2H3,(H,28,32)(H,30,34). The second-order valence-corrected chi connectivity index (χ2v) is 7.86. The second kappa shape index (κ2) is 8.42. The van der Waals surface area contributed by atoms with E-state index < -0.39 is 17.8 Å². The van der Waals surface area contributed by atoms with Crippen LogP contribution in [-0.2, 0) is 18.0 Å². The molecule has 1 atom stereocenters. The normalized spacial score (nSPS) is 12.7. The molecule has 0 aliphatic heterocycles. The zero-order valence-electron chi connectivity index (χ0n) is 18.6. The van der Waals surface area contributed by atoms with Gasteiger partial charge >= 0.3 is 6.18 Å². The minimum atomic E-state index is -4.58. The number of nitrogens with one attached hydrogen (secondary N) is 2. The molecule has 35 heavy (non-hydrogen) atoms. The van der Waals surface area contributed by atoms with E-state index >= 15 is 0 Å². The fourth-order valence-electron chi connectivity index (χ4n) is 4.17. The van der Waals surface area contributed by atoms with Crippen molar-refractivity contribution in [2.24, 2.45) is 7.05 Å². The first-order valence-corrected chi connectivity index (χ1v) is 10.6. The highest BCUT2D eigenvalue weighted by molar-refractivity contribution is 6.03. The molecule has 3 aromatic heterocycles. The molecule has 2 aromatic carbocycles. The molecule has 1 unspecified atom stereocenters. The number of alkyl halides is 3. The van der Waals surface area contributed by atoms with Crippen molar-refractivity contribution >= 4 is 34.5 Å². The van der Waals surface area contributed by atoms with E-state index in [1.807, 2.05) is 7.05 Å². The number of aryl methyl sites for hydroxylation is 1. The van der Waals surface area contributed by atoms with Gasteiger partial charge in [0, 0.05) is 19.7 Å². The maximum atomic E-state index is 13.7. The summed E-state index contributed by atoms with van der Waals surface area (Å²) in [6, 6.07) is 10.8. The predicted molar refractivity (Wildman–Crippen MR) is 124 cm³/mol. The van der Waals surface area contributed by atoms with Crippen LogP contribution in [0.3, 0.4) is 0 Å². The molecule has 0 saturated carbocycles. The second-order valence-electron chi connectivity index (χ2n) is 7.86. The minimum Gasteiger partial charge on any atom is -0.418 e. The van der Waals surface area contributed by atoms with Crippen molar-refractivity contribution in [3.8, 4) is 11.5 Å². The van der Waals surface area contributed by atoms with Gasteiger partial charge in [-0.1, -0.05) is 30.3 Å². The van der Waals surface area contributed by atoms with Gasteiger partial charge in [-0.05, 0) is 29.3 Å². The number of pyridine rings is 1. The van der Waals surface area contributed by atoms with Gasteiger partial charge in [-0.2, -0.15) is 18.2 Å². The van der Waals surface area contributed by atoms with Crippen LogP contribution < -0.4 is 10.6 Å². The molecule has 11 heteroatoms. The van der Waals surface area contributed by atoms with Crippen molar-refractivity contribution < 1.29 is 22.4 Å². The van der Waals surface area contributed by atoms with Gasteiger partial charge < -0.3 is 19.6 Å². The van der Waals surface area contributed by atoms with Crippen LogP contribution in [-0.4, -0.2) is 33.0 Å². The van der Waals surface area contributed by atoms with Crippen molar-refractivity contribution in [1.82, 2.24) is 24.8 Å². The summed E-state index contributed by atoms with van der Waals surface area (Å²) in [5, 5.41) is 5.50. The van der Waals surface area contributed by atoms with Gasteiger partial charge in [-0.3, -0.25) is 4.79 Å². The summed E-state index contributed by atoms with van der Waals surface area (Å²) in [5.41, 5.74) is 2.21. The van der Waals surface area contributed by atoms with Crippen LogP contribution in [0.4, 0.5) is 19.0 Å². The summed E-state index contributed by atoms with van der Waals surface area (Å²) in [7, 11) is 3.55. The van der Waals surface area contributed by atoms with Gasteiger partial charge in [0.05, 0.1) is 17.9 Å². The highest BCUT2D eigenvalue weighted by Gasteiger charge is 2.35. The molecular formula is C24H19F3N6O2. The van der Waals surface area contributed by atoms with Crippen molar-refractivity contribution in [2.75, 3.05) is 12.4 Å². The van der Waals surface area contributed by atoms with E-state index in [1.165, 1.54) is 18.2 Å². The fraction of sp³-hybridized carbons (Fsp3) is 0.167. The van der Waals surface area contributed by atoms with Crippen LogP contribution in [0.25, 0.3) is 33.7 Å². The first-order chi connectivity index (χ1) is 16.8. The number of hydrogen-bond acceptors (Lipinski definition) is 6. The molecule has 0 fully saturated rings. The number of oxazole rings is 1. The van der Waals surface area contributed by atoms with Crippen LogP contribution in [0.1, 0.15) is 22.7 Å². The van der Waals surface area contributed by atoms with Crippen molar-refractivity contribution in [3.63, 3.8) is 0 Å². The summed E-state index contributed by atoms with van der Waals surface area (Å²) >= 11 is 0. The number of nitrogens with zero attached hydrogens (tertiary/aromatic N) is 4. The smallest absolute Gasteiger partial charge is 0.416 e. The number of anilines is 1. The lowest BCUT2D eigenvalue weighted by atomic mass is 9.93.